The van der Waals surface area contributed by atoms with Gasteiger partial charge in [-0.25, -0.2) is 0 Å². The van der Waals surface area contributed by atoms with Crippen molar-refractivity contribution in [1.29, 1.82) is 0 Å². The minimum absolute atomic E-state index is 0.106. The summed E-state index contributed by atoms with van der Waals surface area (Å²) in [5.74, 6) is 0. The van der Waals surface area contributed by atoms with Crippen molar-refractivity contribution in [3.8, 4) is 0 Å². The van der Waals surface area contributed by atoms with Crippen molar-refractivity contribution in [3.63, 3.8) is 0 Å². The van der Waals surface area contributed by atoms with Gasteiger partial charge in [0.1, 0.15) is 0 Å². The fourth-order valence-electron chi connectivity index (χ4n) is 2.17. The van der Waals surface area contributed by atoms with E-state index in [0.717, 1.165) is 28.6 Å². The molecule has 1 heterocycles. The largest absolute Gasteiger partial charge is 0.355 e. The number of allylic oxidation sites excluding steroid dienone is 3. The summed E-state index contributed by atoms with van der Waals surface area (Å²) in [6.45, 7) is 4.05. The van der Waals surface area contributed by atoms with Crippen molar-refractivity contribution < 1.29 is 0 Å². The molecule has 20 heavy (non-hydrogen) atoms. The van der Waals surface area contributed by atoms with Crippen LogP contribution in [0.15, 0.2) is 47.3 Å². The molecule has 104 valence electrons. The molecule has 0 unspecified atom stereocenters. The van der Waals surface area contributed by atoms with E-state index in [2.05, 4.69) is 18.0 Å². The molecule has 0 spiro atoms. The molecule has 0 atom stereocenters. The van der Waals surface area contributed by atoms with Crippen molar-refractivity contribution in [2.24, 2.45) is 0 Å². The van der Waals surface area contributed by atoms with Crippen LogP contribution in [0.5, 0.6) is 0 Å². The van der Waals surface area contributed by atoms with Crippen molar-refractivity contribution in [2.75, 3.05) is 0 Å². The fraction of sp³-hybridized carbons (Fsp3) is 0.278. The van der Waals surface area contributed by atoms with E-state index in [1.807, 2.05) is 49.4 Å². The number of aromatic nitrogens is 1. The third kappa shape index (κ3) is 3.27. The smallest absolute Gasteiger partial charge is 0.192 e. The van der Waals surface area contributed by atoms with Crippen LogP contribution in [-0.4, -0.2) is 4.98 Å². The zero-order valence-electron chi connectivity index (χ0n) is 12.1. The average molecular weight is 267 g/mol. The summed E-state index contributed by atoms with van der Waals surface area (Å²) >= 11 is 0. The van der Waals surface area contributed by atoms with Gasteiger partial charge in [-0.05, 0) is 31.6 Å². The lowest BCUT2D eigenvalue weighted by Gasteiger charge is -2.04. The van der Waals surface area contributed by atoms with Crippen LogP contribution in [0.3, 0.4) is 0 Å². The summed E-state index contributed by atoms with van der Waals surface area (Å²) in [7, 11) is 0. The monoisotopic (exact) mass is 267 g/mol. The average Bonchev–Trinajstić information content (AvgIpc) is 2.47. The molecule has 1 aromatic carbocycles. The van der Waals surface area contributed by atoms with E-state index in [1.54, 1.807) is 0 Å². The Hall–Kier alpha value is -2.09. The lowest BCUT2D eigenvalue weighted by atomic mass is 10.1. The summed E-state index contributed by atoms with van der Waals surface area (Å²) in [5.41, 5.74) is 2.64. The Bertz CT molecular complexity index is 692. The number of hydrogen-bond donors (Lipinski definition) is 1. The van der Waals surface area contributed by atoms with E-state index >= 15 is 0 Å². The van der Waals surface area contributed by atoms with Gasteiger partial charge in [0.2, 0.25) is 0 Å². The Morgan fingerprint density at radius 1 is 1.20 bits per heavy atom. The Morgan fingerprint density at radius 3 is 2.80 bits per heavy atom. The van der Waals surface area contributed by atoms with Gasteiger partial charge in [-0.1, -0.05) is 50.1 Å². The number of hydrogen-bond acceptors (Lipinski definition) is 1. The molecule has 2 heteroatoms. The minimum Gasteiger partial charge on any atom is -0.355 e. The van der Waals surface area contributed by atoms with Gasteiger partial charge >= 0.3 is 0 Å². The minimum atomic E-state index is 0.106. The van der Waals surface area contributed by atoms with Gasteiger partial charge in [0.15, 0.2) is 5.43 Å². The van der Waals surface area contributed by atoms with Crippen LogP contribution in [0.25, 0.3) is 17.0 Å². The molecule has 0 saturated heterocycles. The Labute approximate surface area is 119 Å². The van der Waals surface area contributed by atoms with E-state index in [9.17, 15) is 4.79 Å². The van der Waals surface area contributed by atoms with E-state index in [1.165, 1.54) is 12.8 Å². The van der Waals surface area contributed by atoms with Crippen LogP contribution in [-0.2, 0) is 0 Å². The maximum atomic E-state index is 12.3. The van der Waals surface area contributed by atoms with Gasteiger partial charge in [0.05, 0.1) is 0 Å². The summed E-state index contributed by atoms with van der Waals surface area (Å²) < 4.78 is 0. The topological polar surface area (TPSA) is 32.9 Å². The molecule has 0 saturated carbocycles. The molecule has 2 nitrogen and oxygen atoms in total. The second-order valence-electron chi connectivity index (χ2n) is 4.97. The van der Waals surface area contributed by atoms with Crippen molar-refractivity contribution in [2.45, 2.75) is 33.1 Å². The number of unbranched alkanes of at least 4 members (excludes halogenated alkanes) is 2. The van der Waals surface area contributed by atoms with Gasteiger partial charge in [0, 0.05) is 22.2 Å². The third-order valence-electron chi connectivity index (χ3n) is 3.42. The summed E-state index contributed by atoms with van der Waals surface area (Å²) in [6.07, 6.45) is 11.7. The van der Waals surface area contributed by atoms with Crippen molar-refractivity contribution in [3.05, 3.63) is 64.0 Å². The number of nitrogens with one attached hydrogen (secondary N) is 1. The molecule has 1 aromatic heterocycles. The quantitative estimate of drug-likeness (QED) is 0.623. The Kier molecular flexibility index (Phi) is 4.94. The highest BCUT2D eigenvalue weighted by atomic mass is 16.1. The highest BCUT2D eigenvalue weighted by molar-refractivity contribution is 5.80. The zero-order chi connectivity index (χ0) is 14.4. The second-order valence-corrected chi connectivity index (χ2v) is 4.97. The molecular formula is C18H21NO. The molecular weight excluding hydrogens is 246 g/mol. The predicted octanol–water partition coefficient (Wildman–Crippen LogP) is 4.60. The summed E-state index contributed by atoms with van der Waals surface area (Å²) in [4.78, 5) is 15.6. The highest BCUT2D eigenvalue weighted by Gasteiger charge is 2.04. The van der Waals surface area contributed by atoms with Gasteiger partial charge < -0.3 is 4.98 Å². The fourth-order valence-corrected chi connectivity index (χ4v) is 2.17. The molecule has 0 amide bonds. The van der Waals surface area contributed by atoms with Crippen LogP contribution in [0.2, 0.25) is 0 Å². The molecule has 0 bridgehead atoms. The molecule has 0 aliphatic heterocycles. The maximum absolute atomic E-state index is 12.3. The molecule has 0 fully saturated rings. The summed E-state index contributed by atoms with van der Waals surface area (Å²) in [5, 5.41) is 0.751. The van der Waals surface area contributed by atoms with E-state index in [4.69, 9.17) is 0 Å². The standard InChI is InChI=1S/C18H21NO/c1-3-4-5-6-7-8-12-16-14(2)18(20)15-11-9-10-13-17(15)19-16/h6-13H,3-5H2,1-2H3,(H,19,20)/b7-6+,12-8+. The number of pyridine rings is 1. The Morgan fingerprint density at radius 2 is 2.00 bits per heavy atom. The number of H-pyrrole nitrogens is 1. The number of para-hydroxylation sites is 1. The van der Waals surface area contributed by atoms with E-state index in [0.29, 0.717) is 0 Å². The first kappa shape index (κ1) is 14.3. The van der Waals surface area contributed by atoms with Crippen LogP contribution in [0.1, 0.15) is 37.4 Å². The van der Waals surface area contributed by atoms with Crippen LogP contribution in [0.4, 0.5) is 0 Å². The van der Waals surface area contributed by atoms with Gasteiger partial charge in [-0.15, -0.1) is 0 Å². The van der Waals surface area contributed by atoms with E-state index < -0.39 is 0 Å². The molecule has 0 aliphatic rings. The number of rotatable bonds is 5. The number of aromatic amines is 1. The van der Waals surface area contributed by atoms with Crippen LogP contribution >= 0.6 is 0 Å². The number of fused-ring (bicyclic) bond motifs is 1. The van der Waals surface area contributed by atoms with Gasteiger partial charge in [-0.2, -0.15) is 0 Å². The van der Waals surface area contributed by atoms with Crippen molar-refractivity contribution >= 4 is 17.0 Å². The predicted molar refractivity (Wildman–Crippen MR) is 87.0 cm³/mol. The van der Waals surface area contributed by atoms with Crippen LogP contribution < -0.4 is 5.43 Å². The van der Waals surface area contributed by atoms with E-state index in [-0.39, 0.29) is 5.43 Å². The first-order chi connectivity index (χ1) is 9.74. The second kappa shape index (κ2) is 6.90. The molecule has 0 radical (unpaired) electrons. The SMILES string of the molecule is CCCC/C=C/C=C/c1[nH]c2ccccc2c(=O)c1C. The zero-order valence-corrected chi connectivity index (χ0v) is 12.1. The Balaban J connectivity index is 2.26. The summed E-state index contributed by atoms with van der Waals surface area (Å²) in [6, 6.07) is 7.62. The molecule has 1 N–H and O–H groups in total. The first-order valence-corrected chi connectivity index (χ1v) is 7.19. The molecule has 2 rings (SSSR count). The maximum Gasteiger partial charge on any atom is 0.192 e. The highest BCUT2D eigenvalue weighted by Crippen LogP contribution is 2.12. The number of benzene rings is 1. The lowest BCUT2D eigenvalue weighted by molar-refractivity contribution is 0.815. The third-order valence-corrected chi connectivity index (χ3v) is 3.42. The van der Waals surface area contributed by atoms with Crippen molar-refractivity contribution in [1.82, 2.24) is 4.98 Å². The lowest BCUT2D eigenvalue weighted by Crippen LogP contribution is -2.09. The molecule has 0 aliphatic carbocycles. The van der Waals surface area contributed by atoms with Gasteiger partial charge in [-0.3, -0.25) is 4.79 Å². The van der Waals surface area contributed by atoms with Gasteiger partial charge in [0.25, 0.3) is 0 Å². The van der Waals surface area contributed by atoms with Crippen LogP contribution in [0, 0.1) is 6.92 Å². The molecule has 2 aromatic rings. The first-order valence-electron chi connectivity index (χ1n) is 7.19. The normalized spacial score (nSPS) is 11.9.